The molecule has 0 unspecified atom stereocenters. The van der Waals surface area contributed by atoms with Crippen LogP contribution >= 0.6 is 0 Å². The van der Waals surface area contributed by atoms with Gasteiger partial charge in [-0.05, 0) is 56.1 Å². The second kappa shape index (κ2) is 13.8. The number of hydrogen-bond donors (Lipinski definition) is 0. The van der Waals surface area contributed by atoms with Crippen molar-refractivity contribution in [3.05, 3.63) is 29.3 Å². The van der Waals surface area contributed by atoms with E-state index in [1.807, 2.05) is 0 Å². The Labute approximate surface area is 181 Å². The van der Waals surface area contributed by atoms with Crippen LogP contribution in [0.3, 0.4) is 0 Å². The molecule has 170 valence electrons. The predicted octanol–water partition coefficient (Wildman–Crippen LogP) is 8.16. The molecule has 0 amide bonds. The zero-order valence-corrected chi connectivity index (χ0v) is 19.0. The first-order valence-corrected chi connectivity index (χ1v) is 12.2. The average Bonchev–Trinajstić information content (AvgIpc) is 2.76. The second-order valence-corrected chi connectivity index (χ2v) is 9.00. The molecule has 0 spiro atoms. The lowest BCUT2D eigenvalue weighted by Gasteiger charge is -2.27. The highest BCUT2D eigenvalue weighted by molar-refractivity contribution is 5.75. The quantitative estimate of drug-likeness (QED) is 0.182. The van der Waals surface area contributed by atoms with Crippen LogP contribution in [0.2, 0.25) is 0 Å². The van der Waals surface area contributed by atoms with Gasteiger partial charge in [0.25, 0.3) is 0 Å². The van der Waals surface area contributed by atoms with Gasteiger partial charge in [0.15, 0.2) is 11.6 Å². The number of esters is 1. The maximum atomic E-state index is 14.4. The third kappa shape index (κ3) is 8.00. The van der Waals surface area contributed by atoms with Crippen molar-refractivity contribution in [3.8, 4) is 5.75 Å². The van der Waals surface area contributed by atoms with Crippen LogP contribution in [0.4, 0.5) is 8.78 Å². The van der Waals surface area contributed by atoms with Crippen molar-refractivity contribution in [2.45, 2.75) is 110 Å². The van der Waals surface area contributed by atoms with Gasteiger partial charge >= 0.3 is 5.97 Å². The van der Waals surface area contributed by atoms with Crippen LogP contribution in [0, 0.1) is 23.5 Å². The summed E-state index contributed by atoms with van der Waals surface area (Å²) in [6.45, 7) is 4.31. The summed E-state index contributed by atoms with van der Waals surface area (Å²) >= 11 is 0. The number of carbonyl (C=O) groups is 1. The molecule has 1 aliphatic carbocycles. The van der Waals surface area contributed by atoms with Crippen molar-refractivity contribution in [2.24, 2.45) is 11.8 Å². The highest BCUT2D eigenvalue weighted by Gasteiger charge is 2.28. The fraction of sp³-hybridized carbons (Fsp3) is 0.731. The maximum absolute atomic E-state index is 14.4. The van der Waals surface area contributed by atoms with Gasteiger partial charge in [-0.3, -0.25) is 4.79 Å². The van der Waals surface area contributed by atoms with Crippen LogP contribution in [-0.2, 0) is 11.2 Å². The molecule has 1 saturated carbocycles. The first kappa shape index (κ1) is 24.8. The molecular weight excluding hydrogens is 382 g/mol. The Hall–Kier alpha value is -1.45. The molecule has 0 N–H and O–H groups in total. The van der Waals surface area contributed by atoms with Crippen LogP contribution in [-0.4, -0.2) is 5.97 Å². The van der Waals surface area contributed by atoms with Crippen LogP contribution in [0.15, 0.2) is 12.1 Å². The van der Waals surface area contributed by atoms with E-state index in [0.29, 0.717) is 17.9 Å². The fourth-order valence-corrected chi connectivity index (χ4v) is 4.50. The third-order valence-electron chi connectivity index (χ3n) is 6.53. The van der Waals surface area contributed by atoms with Gasteiger partial charge in [-0.2, -0.15) is 4.39 Å². The van der Waals surface area contributed by atoms with Crippen molar-refractivity contribution in [3.63, 3.8) is 0 Å². The highest BCUT2D eigenvalue weighted by Crippen LogP contribution is 2.34. The van der Waals surface area contributed by atoms with Gasteiger partial charge < -0.3 is 4.74 Å². The monoisotopic (exact) mass is 422 g/mol. The van der Waals surface area contributed by atoms with E-state index in [2.05, 4.69) is 13.8 Å². The molecule has 0 bridgehead atoms. The Balaban J connectivity index is 1.74. The number of aryl methyl sites for hydroxylation is 1. The number of halogens is 2. The Bertz CT molecular complexity index is 636. The minimum absolute atomic E-state index is 0.197. The van der Waals surface area contributed by atoms with E-state index < -0.39 is 17.6 Å². The van der Waals surface area contributed by atoms with E-state index in [1.165, 1.54) is 51.0 Å². The maximum Gasteiger partial charge on any atom is 0.314 e. The van der Waals surface area contributed by atoms with Gasteiger partial charge in [0, 0.05) is 0 Å². The molecule has 0 aromatic heterocycles. The first-order chi connectivity index (χ1) is 14.6. The molecule has 4 heteroatoms. The number of ether oxygens (including phenoxy) is 1. The molecule has 1 fully saturated rings. The molecule has 0 heterocycles. The van der Waals surface area contributed by atoms with Crippen molar-refractivity contribution in [1.82, 2.24) is 0 Å². The Morgan fingerprint density at radius 1 is 0.867 bits per heavy atom. The zero-order chi connectivity index (χ0) is 21.8. The smallest absolute Gasteiger partial charge is 0.314 e. The fourth-order valence-electron chi connectivity index (χ4n) is 4.50. The molecule has 2 rings (SSSR count). The van der Waals surface area contributed by atoms with Crippen molar-refractivity contribution >= 4 is 5.97 Å². The molecule has 2 nitrogen and oxygen atoms in total. The molecule has 0 aliphatic heterocycles. The van der Waals surface area contributed by atoms with E-state index in [0.717, 1.165) is 44.9 Å². The van der Waals surface area contributed by atoms with E-state index in [9.17, 15) is 13.6 Å². The minimum atomic E-state index is -1.03. The summed E-state index contributed by atoms with van der Waals surface area (Å²) in [5, 5.41) is 0. The summed E-state index contributed by atoms with van der Waals surface area (Å²) < 4.78 is 33.9. The van der Waals surface area contributed by atoms with Crippen molar-refractivity contribution < 1.29 is 18.3 Å². The number of carbonyl (C=O) groups excluding carboxylic acids is 1. The van der Waals surface area contributed by atoms with Crippen molar-refractivity contribution in [1.29, 1.82) is 0 Å². The van der Waals surface area contributed by atoms with Gasteiger partial charge in [0.05, 0.1) is 5.92 Å². The summed E-state index contributed by atoms with van der Waals surface area (Å²) in [6.07, 6.45) is 16.1. The van der Waals surface area contributed by atoms with Gasteiger partial charge in [0.2, 0.25) is 5.82 Å². The standard InChI is InChI=1S/C26H40F2O2/c1-3-5-7-8-9-11-12-20-14-16-22(17-15-20)26(29)30-23-19-18-21(13-10-6-4-2)24(27)25(23)28/h18-20,22H,3-17H2,1-2H3/t20-,22-. The van der Waals surface area contributed by atoms with Crippen molar-refractivity contribution in [2.75, 3.05) is 0 Å². The normalized spacial score (nSPS) is 19.1. The van der Waals surface area contributed by atoms with Crippen LogP contribution in [0.5, 0.6) is 5.75 Å². The average molecular weight is 423 g/mol. The molecule has 1 aromatic rings. The first-order valence-electron chi connectivity index (χ1n) is 12.2. The van der Waals surface area contributed by atoms with Crippen LogP contribution in [0.1, 0.15) is 109 Å². The Morgan fingerprint density at radius 3 is 2.20 bits per heavy atom. The SMILES string of the molecule is CCCCCCCC[C@H]1CC[C@H](C(=O)Oc2ccc(CCCCC)c(F)c2F)CC1. The predicted molar refractivity (Wildman–Crippen MR) is 119 cm³/mol. The molecule has 1 aliphatic rings. The summed E-state index contributed by atoms with van der Waals surface area (Å²) in [7, 11) is 0. The largest absolute Gasteiger partial charge is 0.423 e. The molecule has 0 saturated heterocycles. The summed E-state index contributed by atoms with van der Waals surface area (Å²) in [5.41, 5.74) is 0.357. The van der Waals surface area contributed by atoms with Gasteiger partial charge in [0.1, 0.15) is 0 Å². The Kier molecular flexibility index (Phi) is 11.4. The Morgan fingerprint density at radius 2 is 1.50 bits per heavy atom. The van der Waals surface area contributed by atoms with E-state index in [-0.39, 0.29) is 11.7 Å². The lowest BCUT2D eigenvalue weighted by Crippen LogP contribution is -2.26. The second-order valence-electron chi connectivity index (χ2n) is 9.00. The zero-order valence-electron chi connectivity index (χ0n) is 19.0. The number of benzene rings is 1. The summed E-state index contributed by atoms with van der Waals surface area (Å²) in [4.78, 5) is 12.5. The number of unbranched alkanes of at least 4 members (excludes halogenated alkanes) is 7. The highest BCUT2D eigenvalue weighted by atomic mass is 19.2. The van der Waals surface area contributed by atoms with Crippen LogP contribution < -0.4 is 4.74 Å². The van der Waals surface area contributed by atoms with Gasteiger partial charge in [-0.1, -0.05) is 77.7 Å². The van der Waals surface area contributed by atoms with Gasteiger partial charge in [-0.25, -0.2) is 4.39 Å². The summed E-state index contributed by atoms with van der Waals surface area (Å²) in [6, 6.07) is 2.95. The number of hydrogen-bond acceptors (Lipinski definition) is 2. The van der Waals surface area contributed by atoms with Crippen LogP contribution in [0.25, 0.3) is 0 Å². The molecule has 30 heavy (non-hydrogen) atoms. The lowest BCUT2D eigenvalue weighted by molar-refractivity contribution is -0.140. The topological polar surface area (TPSA) is 26.3 Å². The minimum Gasteiger partial charge on any atom is -0.423 e. The molecule has 0 atom stereocenters. The van der Waals surface area contributed by atoms with Gasteiger partial charge in [-0.15, -0.1) is 0 Å². The van der Waals surface area contributed by atoms with E-state index >= 15 is 0 Å². The molecule has 0 radical (unpaired) electrons. The summed E-state index contributed by atoms with van der Waals surface area (Å²) in [5.74, 6) is -2.10. The number of rotatable bonds is 13. The molecular formula is C26H40F2O2. The van der Waals surface area contributed by atoms with E-state index in [4.69, 9.17) is 4.74 Å². The van der Waals surface area contributed by atoms with E-state index in [1.54, 1.807) is 6.07 Å². The third-order valence-corrected chi connectivity index (χ3v) is 6.53. The lowest BCUT2D eigenvalue weighted by atomic mass is 9.80. The molecule has 1 aromatic carbocycles.